The molecule has 0 spiro atoms. The molecule has 13 nitrogen and oxygen atoms in total. The first-order valence-electron chi connectivity index (χ1n) is 16.2. The first-order chi connectivity index (χ1) is 23.9. The maximum Gasteiger partial charge on any atom is 0.353 e. The fourth-order valence-corrected chi connectivity index (χ4v) is 7.53. The summed E-state index contributed by atoms with van der Waals surface area (Å²) in [5, 5.41) is 46.6. The van der Waals surface area contributed by atoms with Gasteiger partial charge in [0, 0.05) is 29.2 Å². The Kier molecular flexibility index (Phi) is 9.40. The molecule has 0 unspecified atom stereocenters. The number of carboxylic acid groups (broad SMARTS) is 1. The third-order valence-electron chi connectivity index (χ3n) is 9.88. The lowest BCUT2D eigenvalue weighted by molar-refractivity contribution is -0.182. The van der Waals surface area contributed by atoms with Crippen molar-refractivity contribution >= 4 is 23.9 Å². The Morgan fingerprint density at radius 1 is 0.940 bits per heavy atom. The van der Waals surface area contributed by atoms with E-state index in [0.717, 1.165) is 5.56 Å². The van der Waals surface area contributed by atoms with Crippen molar-refractivity contribution in [2.75, 3.05) is 7.05 Å². The number of hydrogen-bond donors (Lipinski definition) is 5. The number of carboxylic acids is 1. The molecular weight excluding hydrogens is 650 g/mol. The van der Waals surface area contributed by atoms with Crippen LogP contribution in [0.5, 0.6) is 11.5 Å². The molecule has 0 aromatic heterocycles. The van der Waals surface area contributed by atoms with Gasteiger partial charge in [-0.15, -0.1) is 0 Å². The van der Waals surface area contributed by atoms with Gasteiger partial charge in [-0.2, -0.15) is 0 Å². The minimum atomic E-state index is -2.09. The van der Waals surface area contributed by atoms with Gasteiger partial charge in [-0.1, -0.05) is 73.7 Å². The molecule has 0 fully saturated rings. The van der Waals surface area contributed by atoms with Crippen LogP contribution in [-0.4, -0.2) is 75.2 Å². The molecule has 7 atom stereocenters. The van der Waals surface area contributed by atoms with Gasteiger partial charge in [0.05, 0.1) is 17.4 Å². The second-order valence-electron chi connectivity index (χ2n) is 12.5. The molecule has 3 aliphatic rings. The van der Waals surface area contributed by atoms with E-state index in [0.29, 0.717) is 18.4 Å². The van der Waals surface area contributed by atoms with Gasteiger partial charge in [0.15, 0.2) is 23.7 Å². The van der Waals surface area contributed by atoms with Gasteiger partial charge in [-0.3, -0.25) is 4.79 Å². The Labute approximate surface area is 287 Å². The number of benzene rings is 3. The van der Waals surface area contributed by atoms with E-state index in [1.165, 1.54) is 36.4 Å². The SMILES string of the molecule is CC[C@]12c3c4ccc(O)c3O[C@H]1C(OC(=O)C[C@H](O)C(=O)O[C@H](C(=O)O[C@H](C(=O)O)c1ccccc1)c1ccccc1)=CC[C@@]2(O)[C@H](NC)C4. The largest absolute Gasteiger partial charge is 0.504 e. The van der Waals surface area contributed by atoms with Gasteiger partial charge in [-0.05, 0) is 37.6 Å². The van der Waals surface area contributed by atoms with Crippen molar-refractivity contribution in [2.45, 2.75) is 74.1 Å². The van der Waals surface area contributed by atoms with E-state index >= 15 is 0 Å². The van der Waals surface area contributed by atoms with Crippen LogP contribution in [0.4, 0.5) is 0 Å². The highest BCUT2D eigenvalue weighted by Gasteiger charge is 2.69. The maximum atomic E-state index is 13.3. The lowest BCUT2D eigenvalue weighted by Gasteiger charge is -2.56. The molecule has 0 radical (unpaired) electrons. The molecular formula is C37H37NO12. The van der Waals surface area contributed by atoms with Crippen molar-refractivity contribution < 1.29 is 58.6 Å². The fourth-order valence-electron chi connectivity index (χ4n) is 7.53. The van der Waals surface area contributed by atoms with Crippen LogP contribution >= 0.6 is 0 Å². The second kappa shape index (κ2) is 13.6. The summed E-state index contributed by atoms with van der Waals surface area (Å²) in [6.45, 7) is 1.87. The van der Waals surface area contributed by atoms with Gasteiger partial charge < -0.3 is 44.7 Å². The Morgan fingerprint density at radius 2 is 1.56 bits per heavy atom. The average Bonchev–Trinajstić information content (AvgIpc) is 3.49. The van der Waals surface area contributed by atoms with Gasteiger partial charge in [-0.25, -0.2) is 14.4 Å². The molecule has 13 heteroatoms. The number of phenolic OH excluding ortho intramolecular Hbond substituents is 1. The highest BCUT2D eigenvalue weighted by molar-refractivity contribution is 5.87. The van der Waals surface area contributed by atoms with E-state index in [2.05, 4.69) is 5.32 Å². The standard InChI is InChI=1S/C37H37NO12/c1-3-36-28-22-14-15-23(39)31(28)48-32(36)25(16-17-37(36,46)26(18-22)38-2)47-27(41)19-24(40)34(44)50-30(21-12-8-5-9-13-21)35(45)49-29(33(42)43)20-10-6-4-7-11-20/h4-16,24,26,29-30,32,38-40,46H,3,17-19H2,1-2H3,(H,42,43)/t24-,26+,29-,30-,32-,36-,37+/m0/s1. The fraction of sp³-hybridized carbons (Fsp3) is 0.351. The molecule has 0 saturated heterocycles. The van der Waals surface area contributed by atoms with Gasteiger partial charge >= 0.3 is 23.9 Å². The number of aliphatic carboxylic acids is 1. The Bertz CT molecular complexity index is 1830. The van der Waals surface area contributed by atoms with Crippen LogP contribution in [-0.2, 0) is 45.2 Å². The molecule has 3 aromatic carbocycles. The van der Waals surface area contributed by atoms with E-state index < -0.39 is 65.7 Å². The zero-order chi connectivity index (χ0) is 35.8. The van der Waals surface area contributed by atoms with E-state index in [4.69, 9.17) is 18.9 Å². The third-order valence-corrected chi connectivity index (χ3v) is 9.88. The van der Waals surface area contributed by atoms with Crippen molar-refractivity contribution in [3.05, 3.63) is 107 Å². The number of carbonyl (C=O) groups excluding carboxylic acids is 3. The lowest BCUT2D eigenvalue weighted by Crippen LogP contribution is -2.70. The molecule has 262 valence electrons. The molecule has 0 bridgehead atoms. The molecule has 3 aromatic rings. The summed E-state index contributed by atoms with van der Waals surface area (Å²) in [6.07, 6.45) is -5.02. The molecule has 0 saturated carbocycles. The number of phenols is 1. The average molecular weight is 688 g/mol. The normalized spacial score (nSPS) is 24.8. The number of nitrogens with one attached hydrogen (secondary N) is 1. The topological polar surface area (TPSA) is 198 Å². The summed E-state index contributed by atoms with van der Waals surface area (Å²) >= 11 is 0. The number of aliphatic hydroxyl groups is 2. The van der Waals surface area contributed by atoms with Gasteiger partial charge in [0.25, 0.3) is 0 Å². The summed E-state index contributed by atoms with van der Waals surface area (Å²) in [5.41, 5.74) is -0.628. The summed E-state index contributed by atoms with van der Waals surface area (Å²) in [7, 11) is 1.75. The Hall–Kier alpha value is -5.24. The summed E-state index contributed by atoms with van der Waals surface area (Å²) in [5.74, 6) is -4.94. The first kappa shape index (κ1) is 34.6. The molecule has 1 aliphatic heterocycles. The number of esters is 3. The Balaban J connectivity index is 1.18. The summed E-state index contributed by atoms with van der Waals surface area (Å²) < 4.78 is 22.5. The van der Waals surface area contributed by atoms with Crippen molar-refractivity contribution in [3.63, 3.8) is 0 Å². The lowest BCUT2D eigenvalue weighted by atomic mass is 9.52. The maximum absolute atomic E-state index is 13.3. The summed E-state index contributed by atoms with van der Waals surface area (Å²) in [6, 6.07) is 18.3. The van der Waals surface area contributed by atoms with Gasteiger partial charge in [0.1, 0.15) is 5.76 Å². The van der Waals surface area contributed by atoms with E-state index in [-0.39, 0.29) is 40.8 Å². The van der Waals surface area contributed by atoms with Crippen LogP contribution in [0, 0.1) is 0 Å². The summed E-state index contributed by atoms with van der Waals surface area (Å²) in [4.78, 5) is 51.6. The highest BCUT2D eigenvalue weighted by Crippen LogP contribution is 2.63. The number of ether oxygens (including phenoxy) is 4. The number of aliphatic hydroxyl groups excluding tert-OH is 1. The van der Waals surface area contributed by atoms with Crippen molar-refractivity contribution in [1.82, 2.24) is 5.32 Å². The zero-order valence-corrected chi connectivity index (χ0v) is 27.3. The highest BCUT2D eigenvalue weighted by atomic mass is 16.6. The van der Waals surface area contributed by atoms with Crippen LogP contribution in [0.3, 0.4) is 0 Å². The number of aromatic hydroxyl groups is 1. The van der Waals surface area contributed by atoms with Crippen LogP contribution in [0.15, 0.2) is 84.6 Å². The van der Waals surface area contributed by atoms with Crippen LogP contribution in [0.1, 0.15) is 60.6 Å². The van der Waals surface area contributed by atoms with Crippen LogP contribution in [0.2, 0.25) is 0 Å². The van der Waals surface area contributed by atoms with E-state index in [1.54, 1.807) is 49.5 Å². The van der Waals surface area contributed by atoms with Crippen LogP contribution in [0.25, 0.3) is 0 Å². The first-order valence-corrected chi connectivity index (χ1v) is 16.2. The number of likely N-dealkylation sites (N-methyl/N-ethyl adjacent to an activating group) is 1. The van der Waals surface area contributed by atoms with E-state index in [1.807, 2.05) is 6.92 Å². The molecule has 50 heavy (non-hydrogen) atoms. The van der Waals surface area contributed by atoms with Crippen LogP contribution < -0.4 is 10.1 Å². The smallest absolute Gasteiger partial charge is 0.353 e. The quantitative estimate of drug-likeness (QED) is 0.138. The van der Waals surface area contributed by atoms with Crippen molar-refractivity contribution in [3.8, 4) is 11.5 Å². The van der Waals surface area contributed by atoms with Crippen molar-refractivity contribution in [1.29, 1.82) is 0 Å². The molecule has 5 N–H and O–H groups in total. The molecule has 2 aliphatic carbocycles. The minimum Gasteiger partial charge on any atom is -0.504 e. The molecule has 6 rings (SSSR count). The third kappa shape index (κ3) is 5.76. The molecule has 0 amide bonds. The minimum absolute atomic E-state index is 0.0479. The van der Waals surface area contributed by atoms with Gasteiger partial charge in [0.2, 0.25) is 12.2 Å². The predicted molar refractivity (Wildman–Crippen MR) is 174 cm³/mol. The second-order valence-corrected chi connectivity index (χ2v) is 12.5. The predicted octanol–water partition coefficient (Wildman–Crippen LogP) is 2.91. The van der Waals surface area contributed by atoms with Crippen molar-refractivity contribution in [2.24, 2.45) is 0 Å². The number of carbonyl (C=O) groups is 4. The monoisotopic (exact) mass is 687 g/mol. The number of hydrogen-bond acceptors (Lipinski definition) is 12. The zero-order valence-electron chi connectivity index (χ0n) is 27.3. The number of rotatable bonds is 12. The van der Waals surface area contributed by atoms with E-state index in [9.17, 15) is 39.6 Å². The molecule has 1 heterocycles. The Morgan fingerprint density at radius 3 is 2.16 bits per heavy atom.